The van der Waals surface area contributed by atoms with E-state index in [1.54, 1.807) is 0 Å². The molecule has 0 aliphatic heterocycles. The maximum Gasteiger partial charge on any atom is 0.220 e. The van der Waals surface area contributed by atoms with Crippen molar-refractivity contribution in [1.29, 1.82) is 0 Å². The minimum Gasteiger partial charge on any atom is -0.394 e. The zero-order chi connectivity index (χ0) is 53.4. The molecule has 2 atom stereocenters. The van der Waals surface area contributed by atoms with Crippen LogP contribution in [0.4, 0.5) is 0 Å². The third-order valence-corrected chi connectivity index (χ3v) is 14.3. The van der Waals surface area contributed by atoms with E-state index in [-0.39, 0.29) is 12.5 Å². The van der Waals surface area contributed by atoms with E-state index < -0.39 is 12.1 Å². The van der Waals surface area contributed by atoms with Crippen molar-refractivity contribution in [2.24, 2.45) is 0 Å². The molecule has 2 unspecified atom stereocenters. The second kappa shape index (κ2) is 64.3. The average molecular weight is 1030 g/mol. The topological polar surface area (TPSA) is 69.6 Å². The Morgan fingerprint density at radius 3 is 0.892 bits per heavy atom. The highest BCUT2D eigenvalue weighted by Gasteiger charge is 2.20. The Kier molecular flexibility index (Phi) is 61.8. The van der Waals surface area contributed by atoms with Crippen molar-refractivity contribution in [3.8, 4) is 0 Å². The maximum atomic E-state index is 12.5. The first kappa shape index (κ1) is 71.0. The van der Waals surface area contributed by atoms with Crippen molar-refractivity contribution in [2.75, 3.05) is 6.61 Å². The first-order valence-corrected chi connectivity index (χ1v) is 32.1. The SMILES string of the molecule is CC/C=C\C/C=C\C/C=C\C/C=C\C/C=C\C/C=C\C/C=C\C/C=C\C/C=C\CCCCCCCCCCCC(=O)NC(CO)C(O)CCCCCCCCCCCCCCCCCCCCCCCCCCC. The fourth-order valence-corrected chi connectivity index (χ4v) is 9.47. The summed E-state index contributed by atoms with van der Waals surface area (Å²) in [4.78, 5) is 12.5. The fraction of sp³-hybridized carbons (Fsp3) is 0.729. The van der Waals surface area contributed by atoms with Crippen LogP contribution in [0.2, 0.25) is 0 Å². The summed E-state index contributed by atoms with van der Waals surface area (Å²) in [5, 5.41) is 23.4. The standard InChI is InChI=1S/C70H123NO3/c1-3-5-7-9-11-13-15-17-19-21-23-25-27-29-30-31-32-33-34-35-36-37-38-39-40-42-44-46-48-50-52-54-56-58-60-62-64-66-70(74)71-68(67-72)69(73)65-63-61-59-57-55-53-51-49-47-45-43-41-28-26-24-22-20-18-16-14-12-10-8-6-4-2/h5,7,11,13,17,19,23,25,29-30,32-33,35-36,38-39,42,44,68-69,72-73H,3-4,6,8-10,12,14-16,18,20-22,24,26-28,31,34,37,40-41,43,45-67H2,1-2H3,(H,71,74)/b7-5-,13-11-,19-17-,25-23-,30-29-,33-32-,36-35-,39-38-,44-42-. The van der Waals surface area contributed by atoms with Crippen LogP contribution in [0.5, 0.6) is 0 Å². The number of hydrogen-bond donors (Lipinski definition) is 3. The van der Waals surface area contributed by atoms with Gasteiger partial charge in [0, 0.05) is 6.42 Å². The van der Waals surface area contributed by atoms with E-state index in [1.807, 2.05) is 0 Å². The average Bonchev–Trinajstić information content (AvgIpc) is 3.40. The number of amides is 1. The molecule has 0 fully saturated rings. The molecule has 0 heterocycles. The van der Waals surface area contributed by atoms with Gasteiger partial charge in [-0.2, -0.15) is 0 Å². The van der Waals surface area contributed by atoms with Crippen LogP contribution in [-0.4, -0.2) is 34.9 Å². The first-order valence-electron chi connectivity index (χ1n) is 32.1. The lowest BCUT2D eigenvalue weighted by Gasteiger charge is -2.22. The van der Waals surface area contributed by atoms with Gasteiger partial charge in [0.2, 0.25) is 5.91 Å². The number of aliphatic hydroxyl groups excluding tert-OH is 2. The lowest BCUT2D eigenvalue weighted by atomic mass is 10.0. The number of unbranched alkanes of at least 4 members (excludes halogenated alkanes) is 33. The Labute approximate surface area is 461 Å². The highest BCUT2D eigenvalue weighted by Crippen LogP contribution is 2.17. The van der Waals surface area contributed by atoms with Crippen LogP contribution < -0.4 is 5.32 Å². The minimum absolute atomic E-state index is 0.0384. The molecule has 0 saturated carbocycles. The molecule has 0 radical (unpaired) electrons. The fourth-order valence-electron chi connectivity index (χ4n) is 9.47. The highest BCUT2D eigenvalue weighted by atomic mass is 16.3. The van der Waals surface area contributed by atoms with E-state index in [2.05, 4.69) is 129 Å². The Balaban J connectivity index is 3.54. The Hall–Kier alpha value is -2.95. The van der Waals surface area contributed by atoms with E-state index in [0.717, 1.165) is 83.5 Å². The van der Waals surface area contributed by atoms with Gasteiger partial charge in [-0.25, -0.2) is 0 Å². The molecule has 0 spiro atoms. The smallest absolute Gasteiger partial charge is 0.220 e. The minimum atomic E-state index is -0.670. The Morgan fingerprint density at radius 1 is 0.338 bits per heavy atom. The highest BCUT2D eigenvalue weighted by molar-refractivity contribution is 5.76. The molecule has 0 aliphatic carbocycles. The van der Waals surface area contributed by atoms with Gasteiger partial charge < -0.3 is 15.5 Å². The van der Waals surface area contributed by atoms with Gasteiger partial charge in [-0.05, 0) is 83.5 Å². The van der Waals surface area contributed by atoms with Gasteiger partial charge in [-0.3, -0.25) is 4.79 Å². The van der Waals surface area contributed by atoms with Gasteiger partial charge in [-0.1, -0.05) is 329 Å². The van der Waals surface area contributed by atoms with E-state index in [0.29, 0.717) is 12.8 Å². The summed E-state index contributed by atoms with van der Waals surface area (Å²) in [6.07, 6.45) is 96.7. The predicted molar refractivity (Wildman–Crippen MR) is 331 cm³/mol. The van der Waals surface area contributed by atoms with Crippen LogP contribution in [-0.2, 0) is 4.79 Å². The third-order valence-electron chi connectivity index (χ3n) is 14.3. The number of rotatable bonds is 58. The number of nitrogens with one attached hydrogen (secondary N) is 1. The molecule has 0 aromatic rings. The van der Waals surface area contributed by atoms with Crippen LogP contribution in [0.15, 0.2) is 109 Å². The van der Waals surface area contributed by atoms with Crippen LogP contribution in [0.1, 0.15) is 309 Å². The summed E-state index contributed by atoms with van der Waals surface area (Å²) in [6, 6.07) is -0.548. The lowest BCUT2D eigenvalue weighted by Crippen LogP contribution is -2.45. The summed E-state index contributed by atoms with van der Waals surface area (Å²) in [5.74, 6) is -0.0384. The quantitative estimate of drug-likeness (QED) is 0.0420. The van der Waals surface area contributed by atoms with E-state index in [4.69, 9.17) is 0 Å². The van der Waals surface area contributed by atoms with Crippen molar-refractivity contribution in [1.82, 2.24) is 5.32 Å². The van der Waals surface area contributed by atoms with Gasteiger partial charge in [-0.15, -0.1) is 0 Å². The monoisotopic (exact) mass is 1030 g/mol. The largest absolute Gasteiger partial charge is 0.394 e. The summed E-state index contributed by atoms with van der Waals surface area (Å²) in [7, 11) is 0. The van der Waals surface area contributed by atoms with Crippen molar-refractivity contribution >= 4 is 5.91 Å². The van der Waals surface area contributed by atoms with Crippen LogP contribution >= 0.6 is 0 Å². The van der Waals surface area contributed by atoms with Crippen molar-refractivity contribution in [3.05, 3.63) is 109 Å². The summed E-state index contributed by atoms with van der Waals surface area (Å²) in [5.41, 5.74) is 0. The molecule has 74 heavy (non-hydrogen) atoms. The maximum absolute atomic E-state index is 12.5. The third kappa shape index (κ3) is 59.9. The van der Waals surface area contributed by atoms with Crippen molar-refractivity contribution in [2.45, 2.75) is 321 Å². The normalized spacial score (nSPS) is 13.5. The van der Waals surface area contributed by atoms with Crippen LogP contribution in [0.25, 0.3) is 0 Å². The molecule has 0 rings (SSSR count). The molecule has 0 aromatic carbocycles. The number of carbonyl (C=O) groups excluding carboxylic acids is 1. The van der Waals surface area contributed by atoms with E-state index >= 15 is 0 Å². The Bertz CT molecular complexity index is 1400. The molecule has 4 nitrogen and oxygen atoms in total. The van der Waals surface area contributed by atoms with Gasteiger partial charge in [0.05, 0.1) is 18.8 Å². The lowest BCUT2D eigenvalue weighted by molar-refractivity contribution is -0.123. The van der Waals surface area contributed by atoms with Crippen LogP contribution in [0.3, 0.4) is 0 Å². The van der Waals surface area contributed by atoms with Crippen LogP contribution in [0, 0.1) is 0 Å². The van der Waals surface area contributed by atoms with Crippen molar-refractivity contribution in [3.63, 3.8) is 0 Å². The molecule has 4 heteroatoms. The molecule has 1 amide bonds. The second-order valence-corrected chi connectivity index (χ2v) is 21.5. The molecule has 0 aliphatic rings. The first-order chi connectivity index (χ1) is 36.7. The number of hydrogen-bond acceptors (Lipinski definition) is 3. The Morgan fingerprint density at radius 2 is 0.595 bits per heavy atom. The molecule has 0 aromatic heterocycles. The zero-order valence-electron chi connectivity index (χ0n) is 49.1. The summed E-state index contributed by atoms with van der Waals surface area (Å²) >= 11 is 0. The number of aliphatic hydroxyl groups is 2. The van der Waals surface area contributed by atoms with Gasteiger partial charge >= 0.3 is 0 Å². The van der Waals surface area contributed by atoms with Gasteiger partial charge in [0.25, 0.3) is 0 Å². The molecule has 3 N–H and O–H groups in total. The number of allylic oxidation sites excluding steroid dienone is 18. The molecule has 426 valence electrons. The molecular weight excluding hydrogens is 903 g/mol. The molecular formula is C70H123NO3. The molecule has 0 saturated heterocycles. The van der Waals surface area contributed by atoms with Gasteiger partial charge in [0.1, 0.15) is 0 Å². The second-order valence-electron chi connectivity index (χ2n) is 21.5. The molecule has 0 bridgehead atoms. The van der Waals surface area contributed by atoms with Gasteiger partial charge in [0.15, 0.2) is 0 Å². The number of carbonyl (C=O) groups is 1. The van der Waals surface area contributed by atoms with E-state index in [1.165, 1.54) is 199 Å². The van der Waals surface area contributed by atoms with Crippen molar-refractivity contribution < 1.29 is 15.0 Å². The van der Waals surface area contributed by atoms with E-state index in [9.17, 15) is 15.0 Å². The summed E-state index contributed by atoms with van der Waals surface area (Å²) < 4.78 is 0. The zero-order valence-corrected chi connectivity index (χ0v) is 49.1. The predicted octanol–water partition coefficient (Wildman–Crippen LogP) is 21.8. The summed E-state index contributed by atoms with van der Waals surface area (Å²) in [6.45, 7) is 4.26.